The predicted octanol–water partition coefficient (Wildman–Crippen LogP) is 0.534. The number of aliphatic imine (C=N–C) groups is 1. The fourth-order valence-corrected chi connectivity index (χ4v) is 1.71. The molecule has 0 radical (unpaired) electrons. The van der Waals surface area contributed by atoms with Crippen molar-refractivity contribution >= 4 is 5.96 Å². The van der Waals surface area contributed by atoms with Crippen LogP contribution in [0.5, 0.6) is 0 Å². The average molecular weight is 229 g/mol. The fraction of sp³-hybridized carbons (Fsp3) is 0.909. The second kappa shape index (κ2) is 8.35. The number of rotatable bonds is 6. The van der Waals surface area contributed by atoms with E-state index in [9.17, 15) is 0 Å². The molecule has 0 saturated heterocycles. The highest BCUT2D eigenvalue weighted by molar-refractivity contribution is 5.79. The van der Waals surface area contributed by atoms with E-state index >= 15 is 0 Å². The summed E-state index contributed by atoms with van der Waals surface area (Å²) >= 11 is 0. The summed E-state index contributed by atoms with van der Waals surface area (Å²) in [5, 5.41) is 3.06. The Balaban J connectivity index is 4.10. The van der Waals surface area contributed by atoms with E-state index in [2.05, 4.69) is 48.3 Å². The largest absolute Gasteiger partial charge is 0.356 e. The van der Waals surface area contributed by atoms with Gasteiger partial charge in [-0.2, -0.15) is 0 Å². The predicted molar refractivity (Wildman–Crippen MR) is 70.3 cm³/mol. The Morgan fingerprint density at radius 2 is 1.81 bits per heavy atom. The van der Waals surface area contributed by atoms with Crippen molar-refractivity contribution in [1.82, 2.24) is 15.6 Å². The van der Waals surface area contributed by atoms with Gasteiger partial charge in [0.15, 0.2) is 0 Å². The van der Waals surface area contributed by atoms with E-state index in [1.807, 2.05) is 6.92 Å². The Morgan fingerprint density at radius 1 is 1.25 bits per heavy atom. The number of hydrogen-bond donors (Lipinski definition) is 3. The van der Waals surface area contributed by atoms with E-state index in [0.29, 0.717) is 18.0 Å². The highest BCUT2D eigenvalue weighted by Gasteiger charge is 2.12. The molecule has 4 N–H and O–H groups in total. The summed E-state index contributed by atoms with van der Waals surface area (Å²) in [5.74, 6) is 6.00. The first kappa shape index (κ1) is 15.2. The van der Waals surface area contributed by atoms with Crippen molar-refractivity contribution in [3.8, 4) is 0 Å². The third-order valence-electron chi connectivity index (χ3n) is 2.44. The first-order valence-electron chi connectivity index (χ1n) is 6.03. The van der Waals surface area contributed by atoms with E-state index in [1.54, 1.807) is 0 Å². The summed E-state index contributed by atoms with van der Waals surface area (Å²) in [6.45, 7) is 13.4. The van der Waals surface area contributed by atoms with Gasteiger partial charge in [-0.3, -0.25) is 15.3 Å². The second-order valence-electron chi connectivity index (χ2n) is 4.33. The molecule has 0 aliphatic rings. The average Bonchev–Trinajstić information content (AvgIpc) is 2.21. The zero-order chi connectivity index (χ0) is 12.6. The molecule has 0 atom stereocenters. The maximum absolute atomic E-state index is 5.34. The van der Waals surface area contributed by atoms with Crippen LogP contribution in [0.1, 0.15) is 34.6 Å². The number of guanidine groups is 1. The number of nitrogens with one attached hydrogen (secondary N) is 2. The first-order valence-corrected chi connectivity index (χ1v) is 6.03. The van der Waals surface area contributed by atoms with Crippen molar-refractivity contribution in [1.29, 1.82) is 0 Å². The molecular weight excluding hydrogens is 202 g/mol. The van der Waals surface area contributed by atoms with Gasteiger partial charge in [0.1, 0.15) is 0 Å². The van der Waals surface area contributed by atoms with Gasteiger partial charge in [0.25, 0.3) is 0 Å². The quantitative estimate of drug-likeness (QED) is 0.269. The third kappa shape index (κ3) is 5.92. The molecule has 0 bridgehead atoms. The van der Waals surface area contributed by atoms with Gasteiger partial charge in [-0.1, -0.05) is 0 Å². The Kier molecular flexibility index (Phi) is 7.93. The zero-order valence-electron chi connectivity index (χ0n) is 11.2. The van der Waals surface area contributed by atoms with Crippen molar-refractivity contribution in [3.63, 3.8) is 0 Å². The summed E-state index contributed by atoms with van der Waals surface area (Å²) in [7, 11) is 0. The highest BCUT2D eigenvalue weighted by atomic mass is 15.3. The van der Waals surface area contributed by atoms with Crippen LogP contribution < -0.4 is 16.6 Å². The molecule has 0 heterocycles. The molecule has 0 unspecified atom stereocenters. The minimum Gasteiger partial charge on any atom is -0.356 e. The van der Waals surface area contributed by atoms with Gasteiger partial charge in [0.05, 0.1) is 6.54 Å². The lowest BCUT2D eigenvalue weighted by molar-refractivity contribution is 0.181. The molecule has 0 spiro atoms. The van der Waals surface area contributed by atoms with Crippen LogP contribution in [0.15, 0.2) is 4.99 Å². The zero-order valence-corrected chi connectivity index (χ0v) is 11.2. The van der Waals surface area contributed by atoms with Crippen molar-refractivity contribution in [3.05, 3.63) is 0 Å². The Hall–Kier alpha value is -0.810. The van der Waals surface area contributed by atoms with Gasteiger partial charge in [0, 0.05) is 25.2 Å². The number of hydrogen-bond acceptors (Lipinski definition) is 3. The normalized spacial score (nSPS) is 12.7. The lowest BCUT2D eigenvalue weighted by Gasteiger charge is -2.29. The Bertz CT molecular complexity index is 193. The van der Waals surface area contributed by atoms with E-state index in [-0.39, 0.29) is 0 Å². The van der Waals surface area contributed by atoms with Crippen LogP contribution in [-0.2, 0) is 0 Å². The van der Waals surface area contributed by atoms with E-state index < -0.39 is 0 Å². The fourth-order valence-electron chi connectivity index (χ4n) is 1.71. The van der Waals surface area contributed by atoms with E-state index in [1.165, 1.54) is 0 Å². The summed E-state index contributed by atoms with van der Waals surface area (Å²) in [6, 6.07) is 1.09. The van der Waals surface area contributed by atoms with Crippen LogP contribution in [0.3, 0.4) is 0 Å². The van der Waals surface area contributed by atoms with E-state index in [4.69, 9.17) is 5.84 Å². The molecular formula is C11H27N5. The van der Waals surface area contributed by atoms with Gasteiger partial charge in [-0.05, 0) is 34.6 Å². The van der Waals surface area contributed by atoms with Crippen molar-refractivity contribution in [2.24, 2.45) is 10.8 Å². The van der Waals surface area contributed by atoms with Crippen LogP contribution in [0.4, 0.5) is 0 Å². The molecule has 96 valence electrons. The first-order chi connectivity index (χ1) is 7.52. The molecule has 0 saturated carbocycles. The summed E-state index contributed by atoms with van der Waals surface area (Å²) < 4.78 is 0. The van der Waals surface area contributed by atoms with Gasteiger partial charge >= 0.3 is 0 Å². The van der Waals surface area contributed by atoms with Crippen molar-refractivity contribution in [2.45, 2.75) is 46.7 Å². The summed E-state index contributed by atoms with van der Waals surface area (Å²) in [4.78, 5) is 6.77. The van der Waals surface area contributed by atoms with Crippen LogP contribution in [0.2, 0.25) is 0 Å². The minimum atomic E-state index is 0.545. The van der Waals surface area contributed by atoms with Gasteiger partial charge < -0.3 is 5.32 Å². The minimum absolute atomic E-state index is 0.545. The smallest absolute Gasteiger partial charge is 0.205 e. The molecule has 0 aliphatic heterocycles. The van der Waals surface area contributed by atoms with Crippen LogP contribution in [0.25, 0.3) is 0 Å². The van der Waals surface area contributed by atoms with Crippen LogP contribution >= 0.6 is 0 Å². The van der Waals surface area contributed by atoms with Crippen molar-refractivity contribution < 1.29 is 0 Å². The maximum atomic E-state index is 5.34. The molecule has 0 fully saturated rings. The highest BCUT2D eigenvalue weighted by Crippen LogP contribution is 2.03. The lowest BCUT2D eigenvalue weighted by atomic mass is 10.2. The standard InChI is InChI=1S/C11H27N5/c1-6-13-11(15-12)14-7-8-16(9(2)3)10(4)5/h9-10H,6-8,12H2,1-5H3,(H2,13,14,15). The van der Waals surface area contributed by atoms with Gasteiger partial charge in [0.2, 0.25) is 5.96 Å². The Labute approximate surface area is 99.5 Å². The number of nitrogens with two attached hydrogens (primary N) is 1. The molecule has 0 aromatic rings. The summed E-state index contributed by atoms with van der Waals surface area (Å²) in [5.41, 5.74) is 2.56. The molecule has 0 amide bonds. The van der Waals surface area contributed by atoms with Gasteiger partial charge in [-0.25, -0.2) is 5.84 Å². The molecule has 0 aromatic carbocycles. The maximum Gasteiger partial charge on any atom is 0.205 e. The second-order valence-corrected chi connectivity index (χ2v) is 4.33. The molecule has 5 heteroatoms. The SMILES string of the molecule is CCNC(=NCCN(C(C)C)C(C)C)NN. The monoisotopic (exact) mass is 229 g/mol. The lowest BCUT2D eigenvalue weighted by Crippen LogP contribution is -2.43. The molecule has 16 heavy (non-hydrogen) atoms. The molecule has 5 nitrogen and oxygen atoms in total. The molecule has 0 aliphatic carbocycles. The number of hydrazine groups is 1. The van der Waals surface area contributed by atoms with Crippen molar-refractivity contribution in [2.75, 3.05) is 19.6 Å². The van der Waals surface area contributed by atoms with Crippen LogP contribution in [-0.4, -0.2) is 42.6 Å². The Morgan fingerprint density at radius 3 is 2.19 bits per heavy atom. The van der Waals surface area contributed by atoms with E-state index in [0.717, 1.165) is 19.6 Å². The third-order valence-corrected chi connectivity index (χ3v) is 2.44. The molecule has 0 rings (SSSR count). The topological polar surface area (TPSA) is 65.7 Å². The van der Waals surface area contributed by atoms with Crippen LogP contribution in [0, 0.1) is 0 Å². The summed E-state index contributed by atoms with van der Waals surface area (Å²) in [6.07, 6.45) is 0. The molecule has 0 aromatic heterocycles. The number of nitrogens with zero attached hydrogens (tertiary/aromatic N) is 2. The van der Waals surface area contributed by atoms with Gasteiger partial charge in [-0.15, -0.1) is 0 Å².